The van der Waals surface area contributed by atoms with E-state index in [2.05, 4.69) is 39.4 Å². The zero-order valence-electron chi connectivity index (χ0n) is 17.5. The molecule has 8 heteroatoms. The number of anilines is 1. The van der Waals surface area contributed by atoms with Crippen molar-refractivity contribution in [3.05, 3.63) is 66.4 Å². The number of aromatic nitrogens is 5. The van der Waals surface area contributed by atoms with Crippen LogP contribution in [0, 0.1) is 5.92 Å². The highest BCUT2D eigenvalue weighted by Crippen LogP contribution is 2.30. The highest BCUT2D eigenvalue weighted by Gasteiger charge is 2.33. The highest BCUT2D eigenvalue weighted by atomic mass is 16.1. The van der Waals surface area contributed by atoms with Gasteiger partial charge in [-0.15, -0.1) is 0 Å². The molecule has 0 atom stereocenters. The Balaban J connectivity index is 0.000000189. The molecule has 2 N–H and O–H groups in total. The first-order valence-corrected chi connectivity index (χ1v) is 10.5. The van der Waals surface area contributed by atoms with Crippen molar-refractivity contribution in [2.75, 3.05) is 18.0 Å². The Morgan fingerprint density at radius 2 is 1.81 bits per heavy atom. The van der Waals surface area contributed by atoms with Crippen molar-refractivity contribution in [1.29, 1.82) is 0 Å². The van der Waals surface area contributed by atoms with Gasteiger partial charge in [0.25, 0.3) is 0 Å². The smallest absolute Gasteiger partial charge is 0.224 e. The number of carbonyl (C=O) groups is 1. The van der Waals surface area contributed by atoms with Crippen LogP contribution in [0.3, 0.4) is 0 Å². The van der Waals surface area contributed by atoms with Gasteiger partial charge in [-0.2, -0.15) is 10.2 Å². The van der Waals surface area contributed by atoms with Crippen molar-refractivity contribution in [2.45, 2.75) is 19.3 Å². The molecule has 1 aliphatic heterocycles. The molecular formula is C23H25N7O. The van der Waals surface area contributed by atoms with Gasteiger partial charge in [0.1, 0.15) is 11.8 Å². The number of hydrogen-bond donors (Lipinski definition) is 1. The number of benzene rings is 1. The van der Waals surface area contributed by atoms with Crippen molar-refractivity contribution >= 4 is 17.2 Å². The van der Waals surface area contributed by atoms with Gasteiger partial charge in [-0.05, 0) is 36.5 Å². The lowest BCUT2D eigenvalue weighted by Crippen LogP contribution is -2.53. The number of fused-ring (bicyclic) bond motifs is 2. The van der Waals surface area contributed by atoms with Crippen molar-refractivity contribution < 1.29 is 4.79 Å². The van der Waals surface area contributed by atoms with Gasteiger partial charge in [-0.3, -0.25) is 9.48 Å². The summed E-state index contributed by atoms with van der Waals surface area (Å²) in [6.45, 7) is 1.21. The van der Waals surface area contributed by atoms with E-state index in [-0.39, 0.29) is 11.8 Å². The summed E-state index contributed by atoms with van der Waals surface area (Å²) in [6.07, 6.45) is 11.2. The molecule has 0 saturated carbocycles. The van der Waals surface area contributed by atoms with E-state index in [9.17, 15) is 4.79 Å². The Bertz CT molecular complexity index is 1210. The van der Waals surface area contributed by atoms with Crippen LogP contribution < -0.4 is 10.6 Å². The van der Waals surface area contributed by atoms with Crippen LogP contribution in [0.25, 0.3) is 16.6 Å². The van der Waals surface area contributed by atoms with Crippen molar-refractivity contribution in [3.63, 3.8) is 0 Å². The van der Waals surface area contributed by atoms with E-state index in [4.69, 9.17) is 5.73 Å². The molecule has 31 heavy (non-hydrogen) atoms. The first kappa shape index (κ1) is 19.3. The fourth-order valence-electron chi connectivity index (χ4n) is 4.23. The van der Waals surface area contributed by atoms with Gasteiger partial charge < -0.3 is 10.6 Å². The minimum atomic E-state index is -0.257. The normalized spacial score (nSPS) is 15.3. The second kappa shape index (κ2) is 7.86. The molecule has 158 valence electrons. The van der Waals surface area contributed by atoms with Crippen LogP contribution in [0.15, 0.2) is 55.2 Å². The summed E-state index contributed by atoms with van der Waals surface area (Å²) < 4.78 is 3.55. The maximum Gasteiger partial charge on any atom is 0.224 e. The third-order valence-electron chi connectivity index (χ3n) is 6.02. The summed E-state index contributed by atoms with van der Waals surface area (Å²) >= 11 is 0. The molecule has 1 fully saturated rings. The van der Waals surface area contributed by atoms with Gasteiger partial charge in [0.05, 0.1) is 12.1 Å². The van der Waals surface area contributed by atoms with Gasteiger partial charge in [-0.25, -0.2) is 9.50 Å². The van der Waals surface area contributed by atoms with Crippen LogP contribution in [0.4, 0.5) is 5.82 Å². The van der Waals surface area contributed by atoms with E-state index in [1.807, 2.05) is 36.6 Å². The SMILES string of the molecule is Cn1cc(-c2cc3c(N4CC(C(N)=O)C4)ncnn3c2)cn1.c1ccc2c(c1)CCC2. The lowest BCUT2D eigenvalue weighted by molar-refractivity contribution is -0.122. The summed E-state index contributed by atoms with van der Waals surface area (Å²) in [5.74, 6) is 0.471. The Labute approximate surface area is 180 Å². The number of hydrogen-bond acceptors (Lipinski definition) is 5. The Kier molecular flexibility index (Phi) is 4.89. The molecule has 0 bridgehead atoms. The van der Waals surface area contributed by atoms with E-state index in [0.717, 1.165) is 22.5 Å². The number of nitrogens with two attached hydrogens (primary N) is 1. The minimum absolute atomic E-state index is 0.0947. The molecular weight excluding hydrogens is 390 g/mol. The minimum Gasteiger partial charge on any atom is -0.369 e. The second-order valence-corrected chi connectivity index (χ2v) is 8.17. The van der Waals surface area contributed by atoms with E-state index < -0.39 is 0 Å². The van der Waals surface area contributed by atoms with Crippen LogP contribution in [-0.4, -0.2) is 43.4 Å². The predicted octanol–water partition coefficient (Wildman–Crippen LogP) is 2.23. The summed E-state index contributed by atoms with van der Waals surface area (Å²) in [4.78, 5) is 17.6. The van der Waals surface area contributed by atoms with Crippen LogP contribution in [0.2, 0.25) is 0 Å². The number of nitrogens with zero attached hydrogens (tertiary/aromatic N) is 6. The van der Waals surface area contributed by atoms with Crippen LogP contribution in [-0.2, 0) is 24.7 Å². The Morgan fingerprint density at radius 3 is 2.45 bits per heavy atom. The molecule has 0 spiro atoms. The van der Waals surface area contributed by atoms with Crippen LogP contribution in [0.1, 0.15) is 17.5 Å². The molecule has 3 aromatic heterocycles. The highest BCUT2D eigenvalue weighted by molar-refractivity contribution is 5.83. The number of rotatable bonds is 3. The van der Waals surface area contributed by atoms with Gasteiger partial charge in [0.15, 0.2) is 5.82 Å². The van der Waals surface area contributed by atoms with E-state index in [1.165, 1.54) is 25.6 Å². The second-order valence-electron chi connectivity index (χ2n) is 8.17. The maximum absolute atomic E-state index is 11.2. The molecule has 0 unspecified atom stereocenters. The average Bonchev–Trinajstić information content (AvgIpc) is 3.46. The first-order chi connectivity index (χ1) is 15.1. The quantitative estimate of drug-likeness (QED) is 0.554. The summed E-state index contributed by atoms with van der Waals surface area (Å²) in [5, 5.41) is 8.44. The third kappa shape index (κ3) is 3.76. The number of amides is 1. The topological polar surface area (TPSA) is 94.3 Å². The number of carbonyl (C=O) groups excluding carboxylic acids is 1. The fraction of sp³-hybridized carbons (Fsp3) is 0.304. The third-order valence-corrected chi connectivity index (χ3v) is 6.02. The van der Waals surface area contributed by atoms with Crippen molar-refractivity contribution in [3.8, 4) is 11.1 Å². The summed E-state index contributed by atoms with van der Waals surface area (Å²) in [6, 6.07) is 10.8. The van der Waals surface area contributed by atoms with Gasteiger partial charge >= 0.3 is 0 Å². The molecule has 8 nitrogen and oxygen atoms in total. The average molecular weight is 416 g/mol. The van der Waals surface area contributed by atoms with E-state index >= 15 is 0 Å². The van der Waals surface area contributed by atoms with Crippen molar-refractivity contribution in [2.24, 2.45) is 18.7 Å². The predicted molar refractivity (Wildman–Crippen MR) is 119 cm³/mol. The van der Waals surface area contributed by atoms with Gasteiger partial charge in [0.2, 0.25) is 5.91 Å². The molecule has 1 saturated heterocycles. The van der Waals surface area contributed by atoms with Gasteiger partial charge in [0, 0.05) is 43.7 Å². The van der Waals surface area contributed by atoms with E-state index in [1.54, 1.807) is 20.3 Å². The van der Waals surface area contributed by atoms with Gasteiger partial charge in [-0.1, -0.05) is 24.3 Å². The molecule has 4 heterocycles. The largest absolute Gasteiger partial charge is 0.369 e. The molecule has 4 aromatic rings. The van der Waals surface area contributed by atoms with E-state index in [0.29, 0.717) is 13.1 Å². The van der Waals surface area contributed by atoms with Crippen molar-refractivity contribution in [1.82, 2.24) is 24.4 Å². The monoisotopic (exact) mass is 415 g/mol. The molecule has 1 aromatic carbocycles. The standard InChI is InChI=1S/C14H15N7O.C9H10/c1-19-4-10(3-17-19)9-2-12-14(16-8-18-21(12)7-9)20-5-11(6-20)13(15)22;1-2-5-9-7-3-6-8(9)4-1/h2-4,7-8,11H,5-6H2,1H3,(H2,15,22);1-2,4-5H,3,6-7H2. The number of aryl methyl sites for hydroxylation is 3. The molecule has 1 amide bonds. The Morgan fingerprint density at radius 1 is 1.06 bits per heavy atom. The molecule has 6 rings (SSSR count). The fourth-order valence-corrected chi connectivity index (χ4v) is 4.23. The van der Waals surface area contributed by atoms with Crippen LogP contribution in [0.5, 0.6) is 0 Å². The molecule has 2 aliphatic rings. The maximum atomic E-state index is 11.2. The lowest BCUT2D eigenvalue weighted by atomic mass is 10.00. The Hall–Kier alpha value is -3.68. The summed E-state index contributed by atoms with van der Waals surface area (Å²) in [5.41, 5.74) is 11.4. The molecule has 1 aliphatic carbocycles. The number of primary amides is 1. The molecule has 0 radical (unpaired) electrons. The van der Waals surface area contributed by atoms with Crippen LogP contribution >= 0.6 is 0 Å². The zero-order valence-corrected chi connectivity index (χ0v) is 17.5. The zero-order chi connectivity index (χ0) is 21.4. The lowest BCUT2D eigenvalue weighted by Gasteiger charge is -2.38. The summed E-state index contributed by atoms with van der Waals surface area (Å²) in [7, 11) is 1.88. The first-order valence-electron chi connectivity index (χ1n) is 10.5.